The van der Waals surface area contributed by atoms with Gasteiger partial charge in [-0.15, -0.1) is 22.7 Å². The topological polar surface area (TPSA) is 66.4 Å². The van der Waals surface area contributed by atoms with Gasteiger partial charge in [-0.05, 0) is 23.6 Å². The van der Waals surface area contributed by atoms with Crippen molar-refractivity contribution in [1.82, 2.24) is 0 Å². The van der Waals surface area contributed by atoms with Gasteiger partial charge in [0.15, 0.2) is 0 Å². The summed E-state index contributed by atoms with van der Waals surface area (Å²) in [6, 6.07) is 10.3. The van der Waals surface area contributed by atoms with Crippen molar-refractivity contribution < 1.29 is 14.7 Å². The predicted molar refractivity (Wildman–Crippen MR) is 94.0 cm³/mol. The number of anilines is 1. The minimum atomic E-state index is -1.08. The van der Waals surface area contributed by atoms with E-state index in [-0.39, 0.29) is 5.56 Å². The van der Waals surface area contributed by atoms with Crippen molar-refractivity contribution in [2.45, 2.75) is 0 Å². The van der Waals surface area contributed by atoms with Gasteiger partial charge in [0, 0.05) is 15.8 Å². The van der Waals surface area contributed by atoms with E-state index in [0.29, 0.717) is 21.2 Å². The smallest absolute Gasteiger partial charge is 0.339 e. The molecular formula is C16H10ClNO3S2. The maximum Gasteiger partial charge on any atom is 0.339 e. The lowest BCUT2D eigenvalue weighted by molar-refractivity contribution is 0.0699. The molecular weight excluding hydrogens is 354 g/mol. The monoisotopic (exact) mass is 363 g/mol. The number of hydrogen-bond donors (Lipinski definition) is 2. The van der Waals surface area contributed by atoms with E-state index in [1.807, 2.05) is 17.5 Å². The molecule has 1 aromatic carbocycles. The number of aromatic carboxylic acids is 1. The molecule has 0 unspecified atom stereocenters. The highest BCUT2D eigenvalue weighted by Crippen LogP contribution is 2.38. The second-order valence-electron chi connectivity index (χ2n) is 4.57. The van der Waals surface area contributed by atoms with Crippen LogP contribution in [-0.2, 0) is 0 Å². The first-order valence-electron chi connectivity index (χ1n) is 6.52. The predicted octanol–water partition coefficient (Wildman–Crippen LogP) is 5.08. The Morgan fingerprint density at radius 1 is 1.09 bits per heavy atom. The highest BCUT2D eigenvalue weighted by atomic mass is 35.5. The molecule has 0 bridgehead atoms. The summed E-state index contributed by atoms with van der Waals surface area (Å²) in [5.74, 6) is -1.51. The number of carbonyl (C=O) groups excluding carboxylic acids is 1. The van der Waals surface area contributed by atoms with Crippen molar-refractivity contribution in [3.8, 4) is 10.4 Å². The molecule has 0 aliphatic carbocycles. The summed E-state index contributed by atoms with van der Waals surface area (Å²) < 4.78 is 0. The fraction of sp³-hybridized carbons (Fsp3) is 0. The first-order chi connectivity index (χ1) is 11.1. The second-order valence-corrected chi connectivity index (χ2v) is 6.80. The quantitative estimate of drug-likeness (QED) is 0.679. The molecule has 0 radical (unpaired) electrons. The fourth-order valence-electron chi connectivity index (χ4n) is 2.09. The molecule has 3 aromatic rings. The van der Waals surface area contributed by atoms with Gasteiger partial charge in [0.2, 0.25) is 0 Å². The summed E-state index contributed by atoms with van der Waals surface area (Å²) in [4.78, 5) is 24.8. The molecule has 2 heterocycles. The van der Waals surface area contributed by atoms with Crippen LogP contribution in [0.15, 0.2) is 47.2 Å². The second kappa shape index (κ2) is 6.54. The third-order valence-electron chi connectivity index (χ3n) is 3.14. The first kappa shape index (κ1) is 15.7. The zero-order valence-corrected chi connectivity index (χ0v) is 14.0. The Morgan fingerprint density at radius 3 is 2.52 bits per heavy atom. The number of rotatable bonds is 4. The Labute approximate surface area is 145 Å². The molecule has 0 spiro atoms. The lowest BCUT2D eigenvalue weighted by Crippen LogP contribution is -2.13. The van der Waals surface area contributed by atoms with E-state index in [1.165, 1.54) is 22.7 Å². The Morgan fingerprint density at radius 2 is 1.87 bits per heavy atom. The van der Waals surface area contributed by atoms with E-state index in [2.05, 4.69) is 5.32 Å². The van der Waals surface area contributed by atoms with Crippen LogP contribution in [-0.4, -0.2) is 17.0 Å². The highest BCUT2D eigenvalue weighted by molar-refractivity contribution is 7.17. The molecule has 0 aliphatic rings. The molecule has 2 N–H and O–H groups in total. The standard InChI is InChI=1S/C16H10ClNO3S2/c17-11-5-2-1-4-9(11)14(19)18-15-13(16(20)21)10(8-23-15)12-6-3-7-22-12/h1-8H,(H,18,19)(H,20,21). The number of nitrogens with one attached hydrogen (secondary N) is 1. The van der Waals surface area contributed by atoms with Crippen LogP contribution in [0.25, 0.3) is 10.4 Å². The maximum absolute atomic E-state index is 12.3. The number of carbonyl (C=O) groups is 2. The molecule has 2 aromatic heterocycles. The zero-order chi connectivity index (χ0) is 16.4. The van der Waals surface area contributed by atoms with Gasteiger partial charge < -0.3 is 10.4 Å². The van der Waals surface area contributed by atoms with Gasteiger partial charge >= 0.3 is 5.97 Å². The van der Waals surface area contributed by atoms with Crippen LogP contribution >= 0.6 is 34.3 Å². The minimum Gasteiger partial charge on any atom is -0.478 e. The van der Waals surface area contributed by atoms with Gasteiger partial charge in [-0.1, -0.05) is 29.8 Å². The lowest BCUT2D eigenvalue weighted by atomic mass is 10.1. The van der Waals surface area contributed by atoms with Crippen LogP contribution in [0.1, 0.15) is 20.7 Å². The number of halogens is 1. The number of carboxylic acids is 1. The molecule has 4 nitrogen and oxygen atoms in total. The molecule has 0 saturated heterocycles. The van der Waals surface area contributed by atoms with Crippen molar-refractivity contribution in [2.24, 2.45) is 0 Å². The summed E-state index contributed by atoms with van der Waals surface area (Å²) >= 11 is 8.63. The highest BCUT2D eigenvalue weighted by Gasteiger charge is 2.22. The fourth-order valence-corrected chi connectivity index (χ4v) is 4.08. The molecule has 0 fully saturated rings. The molecule has 3 rings (SSSR count). The molecule has 0 aliphatic heterocycles. The van der Waals surface area contributed by atoms with E-state index in [9.17, 15) is 14.7 Å². The van der Waals surface area contributed by atoms with Gasteiger partial charge in [0.25, 0.3) is 5.91 Å². The number of amides is 1. The zero-order valence-electron chi connectivity index (χ0n) is 11.6. The lowest BCUT2D eigenvalue weighted by Gasteiger charge is -2.06. The molecule has 0 saturated carbocycles. The van der Waals surface area contributed by atoms with Crippen LogP contribution in [0.2, 0.25) is 5.02 Å². The Hall–Kier alpha value is -2.15. The largest absolute Gasteiger partial charge is 0.478 e. The van der Waals surface area contributed by atoms with Crippen molar-refractivity contribution in [1.29, 1.82) is 0 Å². The Bertz CT molecular complexity index is 871. The summed E-state index contributed by atoms with van der Waals surface area (Å²) in [5.41, 5.74) is 1.00. The van der Waals surface area contributed by atoms with Crippen LogP contribution in [0.4, 0.5) is 5.00 Å². The van der Waals surface area contributed by atoms with Crippen LogP contribution in [0.5, 0.6) is 0 Å². The van der Waals surface area contributed by atoms with Crippen molar-refractivity contribution in [3.05, 3.63) is 63.3 Å². The minimum absolute atomic E-state index is 0.0952. The normalized spacial score (nSPS) is 10.5. The van der Waals surface area contributed by atoms with Crippen molar-refractivity contribution in [3.63, 3.8) is 0 Å². The van der Waals surface area contributed by atoms with E-state index >= 15 is 0 Å². The van der Waals surface area contributed by atoms with E-state index in [4.69, 9.17) is 11.6 Å². The third-order valence-corrected chi connectivity index (χ3v) is 5.27. The van der Waals surface area contributed by atoms with Crippen molar-refractivity contribution in [2.75, 3.05) is 5.32 Å². The summed E-state index contributed by atoms with van der Waals surface area (Å²) in [7, 11) is 0. The molecule has 116 valence electrons. The Balaban J connectivity index is 1.97. The van der Waals surface area contributed by atoms with Crippen LogP contribution < -0.4 is 5.32 Å². The Kier molecular flexibility index (Phi) is 4.47. The summed E-state index contributed by atoms with van der Waals surface area (Å²) in [5, 5.41) is 16.4. The molecule has 0 atom stereocenters. The van der Waals surface area contributed by atoms with E-state index in [1.54, 1.807) is 29.6 Å². The molecule has 7 heteroatoms. The van der Waals surface area contributed by atoms with Gasteiger partial charge in [-0.3, -0.25) is 4.79 Å². The average molecular weight is 364 g/mol. The van der Waals surface area contributed by atoms with E-state index < -0.39 is 11.9 Å². The number of carboxylic acid groups (broad SMARTS) is 1. The number of thiophene rings is 2. The van der Waals surface area contributed by atoms with Crippen molar-refractivity contribution >= 4 is 51.2 Å². The van der Waals surface area contributed by atoms with Gasteiger partial charge in [0.1, 0.15) is 10.6 Å². The maximum atomic E-state index is 12.3. The van der Waals surface area contributed by atoms with Gasteiger partial charge in [-0.25, -0.2) is 4.79 Å². The SMILES string of the molecule is O=C(Nc1scc(-c2cccs2)c1C(=O)O)c1ccccc1Cl. The molecule has 23 heavy (non-hydrogen) atoms. The number of benzene rings is 1. The summed E-state index contributed by atoms with van der Waals surface area (Å²) in [6.07, 6.45) is 0. The summed E-state index contributed by atoms with van der Waals surface area (Å²) in [6.45, 7) is 0. The first-order valence-corrected chi connectivity index (χ1v) is 8.66. The number of hydrogen-bond acceptors (Lipinski definition) is 4. The molecule has 1 amide bonds. The van der Waals surface area contributed by atoms with Crippen LogP contribution in [0.3, 0.4) is 0 Å². The van der Waals surface area contributed by atoms with Crippen LogP contribution in [0, 0.1) is 0 Å². The average Bonchev–Trinajstić information content (AvgIpc) is 3.16. The van der Waals surface area contributed by atoms with Gasteiger partial charge in [0.05, 0.1) is 10.6 Å². The van der Waals surface area contributed by atoms with Gasteiger partial charge in [-0.2, -0.15) is 0 Å². The third kappa shape index (κ3) is 3.14. The van der Waals surface area contributed by atoms with E-state index in [0.717, 1.165) is 4.88 Å².